The topological polar surface area (TPSA) is 133 Å². The first-order valence-electron chi connectivity index (χ1n) is 19.8. The fraction of sp³-hybridized carbons (Fsp3) is 0.304. The Bertz CT molecular complexity index is 2380. The van der Waals surface area contributed by atoms with Gasteiger partial charge >= 0.3 is 0 Å². The van der Waals surface area contributed by atoms with Crippen molar-refractivity contribution in [2.24, 2.45) is 9.98 Å². The second-order valence-electron chi connectivity index (χ2n) is 14.6. The molecule has 13 nitrogen and oxygen atoms in total. The summed E-state index contributed by atoms with van der Waals surface area (Å²) in [6.07, 6.45) is 9.26. The Morgan fingerprint density at radius 3 is 1.58 bits per heavy atom. The Hall–Kier alpha value is -5.87. The molecule has 0 aliphatic carbocycles. The number of aliphatic imine (C=N–C) groups is 2. The SMILES string of the molecule is COc1ccc(C2=CN3C(=O)c4cc(OC)c(OCCCOc5cc6c(cc5OC)C(=O)N5C=C(c7ccc(OCCNC(C)I)cc7)CC5C=N6)cc4N=C[C@@H]3C2)cc1. The number of alkyl halides is 1. The van der Waals surface area contributed by atoms with Gasteiger partial charge in [0.05, 0.1) is 73.2 Å². The maximum absolute atomic E-state index is 13.9. The first-order chi connectivity index (χ1) is 29.2. The van der Waals surface area contributed by atoms with Crippen molar-refractivity contribution in [3.63, 3.8) is 0 Å². The van der Waals surface area contributed by atoms with E-state index in [0.29, 0.717) is 88.6 Å². The molecule has 0 saturated carbocycles. The lowest BCUT2D eigenvalue weighted by atomic mass is 10.0. The number of carbonyl (C=O) groups is 2. The number of hydrogen-bond donors (Lipinski definition) is 1. The molecule has 0 spiro atoms. The van der Waals surface area contributed by atoms with Crippen LogP contribution >= 0.6 is 22.6 Å². The lowest BCUT2D eigenvalue weighted by Crippen LogP contribution is -2.32. The van der Waals surface area contributed by atoms with Crippen molar-refractivity contribution in [3.8, 4) is 34.5 Å². The molecule has 0 fully saturated rings. The molecule has 4 aromatic rings. The number of nitrogens with zero attached hydrogens (tertiary/aromatic N) is 4. The molecule has 0 saturated heterocycles. The maximum Gasteiger partial charge on any atom is 0.260 e. The molecule has 0 bridgehead atoms. The number of nitrogens with one attached hydrogen (secondary N) is 1. The van der Waals surface area contributed by atoms with Crippen LogP contribution in [0.5, 0.6) is 34.5 Å². The van der Waals surface area contributed by atoms with E-state index in [1.54, 1.807) is 55.4 Å². The van der Waals surface area contributed by atoms with Gasteiger partial charge in [0.1, 0.15) is 18.1 Å². The number of benzene rings is 4. The fourth-order valence-corrected chi connectivity index (χ4v) is 7.87. The fourth-order valence-electron chi connectivity index (χ4n) is 7.56. The van der Waals surface area contributed by atoms with E-state index in [9.17, 15) is 9.59 Å². The van der Waals surface area contributed by atoms with Gasteiger partial charge in [0.25, 0.3) is 11.8 Å². The van der Waals surface area contributed by atoms with Gasteiger partial charge in [-0.3, -0.25) is 19.6 Å². The molecule has 14 heteroatoms. The predicted molar refractivity (Wildman–Crippen MR) is 239 cm³/mol. The van der Waals surface area contributed by atoms with Gasteiger partial charge in [-0.1, -0.05) is 46.9 Å². The smallest absolute Gasteiger partial charge is 0.260 e. The Balaban J connectivity index is 0.876. The van der Waals surface area contributed by atoms with Crippen molar-refractivity contribution < 1.29 is 38.0 Å². The second kappa shape index (κ2) is 18.2. The highest BCUT2D eigenvalue weighted by atomic mass is 127. The van der Waals surface area contributed by atoms with Crippen molar-refractivity contribution in [3.05, 3.63) is 107 Å². The van der Waals surface area contributed by atoms with E-state index in [1.807, 2.05) is 73.4 Å². The number of amides is 2. The van der Waals surface area contributed by atoms with Crippen LogP contribution in [0.15, 0.2) is 95.2 Å². The van der Waals surface area contributed by atoms with E-state index >= 15 is 0 Å². The van der Waals surface area contributed by atoms with E-state index in [4.69, 9.17) is 38.4 Å². The summed E-state index contributed by atoms with van der Waals surface area (Å²) in [5.74, 6) is 3.07. The van der Waals surface area contributed by atoms with Crippen molar-refractivity contribution in [1.29, 1.82) is 0 Å². The number of halogens is 1. The summed E-state index contributed by atoms with van der Waals surface area (Å²) in [5.41, 5.74) is 6.06. The van der Waals surface area contributed by atoms with E-state index in [2.05, 4.69) is 34.8 Å². The molecule has 2 unspecified atom stereocenters. The molecule has 310 valence electrons. The zero-order valence-electron chi connectivity index (χ0n) is 33.9. The van der Waals surface area contributed by atoms with Crippen LogP contribution < -0.4 is 33.7 Å². The van der Waals surface area contributed by atoms with E-state index in [-0.39, 0.29) is 23.9 Å². The van der Waals surface area contributed by atoms with Crippen molar-refractivity contribution in [2.75, 3.05) is 47.7 Å². The van der Waals surface area contributed by atoms with Gasteiger partial charge in [0.15, 0.2) is 23.0 Å². The number of fused-ring (bicyclic) bond motifs is 4. The summed E-state index contributed by atoms with van der Waals surface area (Å²) < 4.78 is 35.2. The lowest BCUT2D eigenvalue weighted by molar-refractivity contribution is 0.0809. The summed E-state index contributed by atoms with van der Waals surface area (Å²) in [6, 6.07) is 22.2. The third kappa shape index (κ3) is 8.70. The van der Waals surface area contributed by atoms with Gasteiger partial charge in [-0.25, -0.2) is 0 Å². The van der Waals surface area contributed by atoms with Crippen LogP contribution in [0.2, 0.25) is 0 Å². The van der Waals surface area contributed by atoms with Gasteiger partial charge in [0, 0.05) is 62.8 Å². The molecule has 0 aromatic heterocycles. The number of ether oxygens (including phenoxy) is 6. The van der Waals surface area contributed by atoms with Gasteiger partial charge in [0.2, 0.25) is 0 Å². The summed E-state index contributed by atoms with van der Waals surface area (Å²) in [5, 5.41) is 3.33. The van der Waals surface area contributed by atoms with Gasteiger partial charge < -0.3 is 43.5 Å². The number of rotatable bonds is 16. The molecular weight excluding hydrogens is 877 g/mol. The minimum absolute atomic E-state index is 0.158. The number of methoxy groups -OCH3 is 3. The van der Waals surface area contributed by atoms with Gasteiger partial charge in [-0.05, 0) is 65.6 Å². The molecule has 2 amide bonds. The summed E-state index contributed by atoms with van der Waals surface area (Å²) >= 11 is 2.32. The zero-order valence-corrected chi connectivity index (χ0v) is 36.0. The average Bonchev–Trinajstić information content (AvgIpc) is 3.85. The molecule has 3 atom stereocenters. The largest absolute Gasteiger partial charge is 0.497 e. The van der Waals surface area contributed by atoms with Crippen LogP contribution in [0.25, 0.3) is 11.1 Å². The van der Waals surface area contributed by atoms with Gasteiger partial charge in [-0.15, -0.1) is 0 Å². The van der Waals surface area contributed by atoms with Crippen molar-refractivity contribution in [1.82, 2.24) is 15.1 Å². The standard InChI is InChI=1S/C46H46IN5O8/c1-28(47)48-14-17-58-36-12-8-30(9-13-36)32-19-34-25-50-40-23-44(42(57-4)21-38(40)46(54)52(34)27-32)60-16-5-15-59-43-22-39-37(20-41(43)56-3)45(53)51-26-31(18-33(51)24-49-39)29-6-10-35(55-2)11-7-29/h6-13,20-28,33-34,48H,5,14-19H2,1-4H3/t28?,33-,34?/m0/s1. The number of hydrogen-bond acceptors (Lipinski definition) is 11. The van der Waals surface area contributed by atoms with E-state index in [1.165, 1.54) is 0 Å². The molecule has 8 rings (SSSR count). The zero-order chi connectivity index (χ0) is 41.8. The van der Waals surface area contributed by atoms with Crippen LogP contribution in [-0.4, -0.2) is 97.9 Å². The minimum Gasteiger partial charge on any atom is -0.497 e. The molecule has 1 N–H and O–H groups in total. The quantitative estimate of drug-likeness (QED) is 0.0511. The molecule has 4 aromatic carbocycles. The van der Waals surface area contributed by atoms with E-state index in [0.717, 1.165) is 40.3 Å². The summed E-state index contributed by atoms with van der Waals surface area (Å²) in [6.45, 7) is 4.05. The normalized spacial score (nSPS) is 18.0. The average molecular weight is 924 g/mol. The Labute approximate surface area is 362 Å². The van der Waals surface area contributed by atoms with Crippen molar-refractivity contribution in [2.45, 2.75) is 42.3 Å². The Morgan fingerprint density at radius 1 is 0.650 bits per heavy atom. The third-order valence-corrected chi connectivity index (χ3v) is 11.2. The number of carbonyl (C=O) groups excluding carboxylic acids is 2. The minimum atomic E-state index is -0.217. The highest BCUT2D eigenvalue weighted by Crippen LogP contribution is 2.42. The Morgan fingerprint density at radius 2 is 1.13 bits per heavy atom. The van der Waals surface area contributed by atoms with Gasteiger partial charge in [-0.2, -0.15) is 0 Å². The molecule has 0 radical (unpaired) electrons. The first-order valence-corrected chi connectivity index (χ1v) is 21.1. The highest BCUT2D eigenvalue weighted by molar-refractivity contribution is 14.1. The van der Waals surface area contributed by atoms with Crippen molar-refractivity contribution >= 4 is 69.4 Å². The first kappa shape index (κ1) is 40.9. The monoisotopic (exact) mass is 923 g/mol. The lowest BCUT2D eigenvalue weighted by Gasteiger charge is -2.19. The van der Waals surface area contributed by atoms with E-state index < -0.39 is 0 Å². The van der Waals surface area contributed by atoms with Crippen LogP contribution in [0.4, 0.5) is 11.4 Å². The third-order valence-electron chi connectivity index (χ3n) is 10.7. The Kier molecular flexibility index (Phi) is 12.4. The van der Waals surface area contributed by atoms with Crippen LogP contribution in [-0.2, 0) is 0 Å². The summed E-state index contributed by atoms with van der Waals surface area (Å²) in [4.78, 5) is 40.6. The second-order valence-corrected chi connectivity index (χ2v) is 16.5. The predicted octanol–water partition coefficient (Wildman–Crippen LogP) is 8.25. The molecule has 4 heterocycles. The maximum atomic E-state index is 13.9. The molecule has 4 aliphatic heterocycles. The van der Waals surface area contributed by atoms with Crippen LogP contribution in [0.3, 0.4) is 0 Å². The molecule has 60 heavy (non-hydrogen) atoms. The summed E-state index contributed by atoms with van der Waals surface area (Å²) in [7, 11) is 4.73. The van der Waals surface area contributed by atoms with Crippen LogP contribution in [0.1, 0.15) is 58.0 Å². The molecule has 4 aliphatic rings. The van der Waals surface area contributed by atoms with Crippen LogP contribution in [0, 0.1) is 0 Å². The molecular formula is C46H46IN5O8. The highest BCUT2D eigenvalue weighted by Gasteiger charge is 2.35.